The second kappa shape index (κ2) is 7.83. The average Bonchev–Trinajstić information content (AvgIpc) is 2.53. The fourth-order valence-corrected chi connectivity index (χ4v) is 1.95. The van der Waals surface area contributed by atoms with Crippen LogP contribution < -0.4 is 16.0 Å². The number of nitrogens with one attached hydrogen (secondary N) is 1. The van der Waals surface area contributed by atoms with Gasteiger partial charge in [-0.05, 0) is 36.2 Å². The number of anilines is 1. The number of benzene rings is 1. The number of nitrogens with two attached hydrogens (primary N) is 1. The summed E-state index contributed by atoms with van der Waals surface area (Å²) in [4.78, 5) is 4.25. The molecule has 1 aromatic carbocycles. The average molecular weight is 308 g/mol. The van der Waals surface area contributed by atoms with E-state index in [1.54, 1.807) is 19.2 Å². The van der Waals surface area contributed by atoms with E-state index in [1.165, 1.54) is 5.56 Å². The van der Waals surface area contributed by atoms with Gasteiger partial charge in [-0.15, -0.1) is 0 Å². The maximum absolute atomic E-state index is 6.08. The Labute approximate surface area is 129 Å². The summed E-state index contributed by atoms with van der Waals surface area (Å²) in [6, 6.07) is 11.3. The van der Waals surface area contributed by atoms with E-state index < -0.39 is 0 Å². The highest BCUT2D eigenvalue weighted by molar-refractivity contribution is 6.31. The van der Waals surface area contributed by atoms with Crippen molar-refractivity contribution in [3.8, 4) is 5.75 Å². The van der Waals surface area contributed by atoms with Crippen molar-refractivity contribution in [2.75, 3.05) is 19.1 Å². The molecule has 0 fully saturated rings. The number of nitrogens with zero attached hydrogens (tertiary/aromatic N) is 1. The van der Waals surface area contributed by atoms with Crippen LogP contribution in [0.2, 0.25) is 5.02 Å². The van der Waals surface area contributed by atoms with Gasteiger partial charge in [0.1, 0.15) is 18.2 Å². The molecule has 0 saturated heterocycles. The second-order valence-electron chi connectivity index (χ2n) is 4.44. The lowest BCUT2D eigenvalue weighted by Crippen LogP contribution is -2.10. The van der Waals surface area contributed by atoms with Crippen molar-refractivity contribution in [3.05, 3.63) is 52.7 Å². The maximum Gasteiger partial charge on any atom is 0.140 e. The number of hydrogen-bond donors (Lipinski definition) is 2. The number of nitrogen functional groups attached to an aromatic ring is 1. The molecule has 112 valence electrons. The minimum Gasteiger partial charge on any atom is -0.487 e. The third-order valence-corrected chi connectivity index (χ3v) is 3.30. The highest BCUT2D eigenvalue weighted by Gasteiger charge is 2.05. The van der Waals surface area contributed by atoms with E-state index in [-0.39, 0.29) is 6.61 Å². The normalized spacial score (nSPS) is 10.4. The zero-order chi connectivity index (χ0) is 15.1. The second-order valence-corrected chi connectivity index (χ2v) is 4.85. The number of pyridine rings is 1. The maximum atomic E-state index is 6.08. The Kier molecular flexibility index (Phi) is 5.80. The Hall–Kier alpha value is -1.82. The molecule has 0 amide bonds. The third kappa shape index (κ3) is 4.60. The number of hydrogen-bond acceptors (Lipinski definition) is 5. The molecule has 2 aromatic rings. The van der Waals surface area contributed by atoms with Gasteiger partial charge in [-0.1, -0.05) is 23.7 Å². The Balaban J connectivity index is 1.96. The van der Waals surface area contributed by atoms with Gasteiger partial charge in [-0.25, -0.2) is 10.8 Å². The van der Waals surface area contributed by atoms with Gasteiger partial charge in [0.15, 0.2) is 0 Å². The number of methoxy groups -OCH3 is 1. The summed E-state index contributed by atoms with van der Waals surface area (Å²) in [5, 5.41) is 0.547. The molecule has 0 aliphatic carbocycles. The Morgan fingerprint density at radius 3 is 2.62 bits per heavy atom. The van der Waals surface area contributed by atoms with Crippen molar-refractivity contribution in [1.82, 2.24) is 4.98 Å². The van der Waals surface area contributed by atoms with Crippen LogP contribution >= 0.6 is 11.6 Å². The molecule has 0 aliphatic rings. The van der Waals surface area contributed by atoms with E-state index in [0.717, 1.165) is 12.2 Å². The minimum atomic E-state index is 0.284. The monoisotopic (exact) mass is 307 g/mol. The predicted molar refractivity (Wildman–Crippen MR) is 83.4 cm³/mol. The first-order chi connectivity index (χ1) is 10.2. The zero-order valence-corrected chi connectivity index (χ0v) is 12.6. The van der Waals surface area contributed by atoms with E-state index in [1.807, 2.05) is 24.3 Å². The van der Waals surface area contributed by atoms with Gasteiger partial charge in [0.2, 0.25) is 0 Å². The first-order valence-electron chi connectivity index (χ1n) is 6.55. The van der Waals surface area contributed by atoms with Gasteiger partial charge in [-0.2, -0.15) is 0 Å². The number of ether oxygens (including phenoxy) is 2. The fraction of sp³-hybridized carbons (Fsp3) is 0.267. The molecule has 6 heteroatoms. The Bertz CT molecular complexity index is 576. The number of hydrazine groups is 1. The smallest absolute Gasteiger partial charge is 0.140 e. The van der Waals surface area contributed by atoms with Crippen LogP contribution in [0.1, 0.15) is 11.3 Å². The summed E-state index contributed by atoms with van der Waals surface area (Å²) < 4.78 is 10.7. The SMILES string of the molecule is COCCc1ccc(OCc2nc(NN)ccc2Cl)cc1. The van der Waals surface area contributed by atoms with Crippen LogP contribution in [0.3, 0.4) is 0 Å². The van der Waals surface area contributed by atoms with Gasteiger partial charge in [-0.3, -0.25) is 0 Å². The summed E-state index contributed by atoms with van der Waals surface area (Å²) in [6.07, 6.45) is 0.883. The highest BCUT2D eigenvalue weighted by atomic mass is 35.5. The van der Waals surface area contributed by atoms with Gasteiger partial charge >= 0.3 is 0 Å². The lowest BCUT2D eigenvalue weighted by atomic mass is 10.1. The van der Waals surface area contributed by atoms with Crippen molar-refractivity contribution in [2.45, 2.75) is 13.0 Å². The molecule has 0 unspecified atom stereocenters. The molecule has 0 radical (unpaired) electrons. The summed E-state index contributed by atoms with van der Waals surface area (Å²) in [6.45, 7) is 0.990. The van der Waals surface area contributed by atoms with Crippen LogP contribution in [0.25, 0.3) is 0 Å². The van der Waals surface area contributed by atoms with Crippen LogP contribution in [0, 0.1) is 0 Å². The summed E-state index contributed by atoms with van der Waals surface area (Å²) in [5.41, 5.74) is 4.32. The number of halogens is 1. The van der Waals surface area contributed by atoms with Crippen molar-refractivity contribution in [1.29, 1.82) is 0 Å². The van der Waals surface area contributed by atoms with E-state index in [2.05, 4.69) is 10.4 Å². The van der Waals surface area contributed by atoms with Crippen LogP contribution in [-0.2, 0) is 17.8 Å². The Morgan fingerprint density at radius 1 is 1.19 bits per heavy atom. The quantitative estimate of drug-likeness (QED) is 0.608. The standard InChI is InChI=1S/C15H18ClN3O2/c1-20-9-8-11-2-4-12(5-3-11)21-10-14-13(16)6-7-15(18-14)19-17/h2-7H,8-10,17H2,1H3,(H,18,19). The van der Waals surface area contributed by atoms with Crippen molar-refractivity contribution in [2.24, 2.45) is 5.84 Å². The van der Waals surface area contributed by atoms with Gasteiger partial charge in [0, 0.05) is 7.11 Å². The van der Waals surface area contributed by atoms with Gasteiger partial charge < -0.3 is 14.9 Å². The topological polar surface area (TPSA) is 69.4 Å². The lowest BCUT2D eigenvalue weighted by molar-refractivity contribution is 0.202. The molecule has 0 spiro atoms. The van der Waals surface area contributed by atoms with Crippen LogP contribution in [-0.4, -0.2) is 18.7 Å². The van der Waals surface area contributed by atoms with E-state index >= 15 is 0 Å². The molecular weight excluding hydrogens is 290 g/mol. The summed E-state index contributed by atoms with van der Waals surface area (Å²) in [7, 11) is 1.69. The first kappa shape index (κ1) is 15.6. The minimum absolute atomic E-state index is 0.284. The molecule has 1 heterocycles. The van der Waals surface area contributed by atoms with E-state index in [4.69, 9.17) is 26.9 Å². The van der Waals surface area contributed by atoms with Crippen LogP contribution in [0.4, 0.5) is 5.82 Å². The molecule has 1 aromatic heterocycles. The van der Waals surface area contributed by atoms with E-state index in [0.29, 0.717) is 23.1 Å². The highest BCUT2D eigenvalue weighted by Crippen LogP contribution is 2.19. The van der Waals surface area contributed by atoms with Crippen LogP contribution in [0.15, 0.2) is 36.4 Å². The van der Waals surface area contributed by atoms with E-state index in [9.17, 15) is 0 Å². The van der Waals surface area contributed by atoms with Gasteiger partial charge in [0.25, 0.3) is 0 Å². The zero-order valence-electron chi connectivity index (χ0n) is 11.8. The summed E-state index contributed by atoms with van der Waals surface area (Å²) >= 11 is 6.08. The lowest BCUT2D eigenvalue weighted by Gasteiger charge is -2.09. The predicted octanol–water partition coefficient (Wildman–Crippen LogP) is 2.79. The molecule has 0 saturated carbocycles. The first-order valence-corrected chi connectivity index (χ1v) is 6.93. The molecule has 3 N–H and O–H groups in total. The largest absolute Gasteiger partial charge is 0.487 e. The molecule has 0 bridgehead atoms. The summed E-state index contributed by atoms with van der Waals surface area (Å²) in [5.74, 6) is 6.64. The number of rotatable bonds is 7. The molecule has 21 heavy (non-hydrogen) atoms. The fourth-order valence-electron chi connectivity index (χ4n) is 1.79. The Morgan fingerprint density at radius 2 is 1.95 bits per heavy atom. The molecule has 0 aliphatic heterocycles. The third-order valence-electron chi connectivity index (χ3n) is 2.96. The van der Waals surface area contributed by atoms with Crippen molar-refractivity contribution < 1.29 is 9.47 Å². The molecule has 5 nitrogen and oxygen atoms in total. The van der Waals surface area contributed by atoms with Crippen molar-refractivity contribution >= 4 is 17.4 Å². The van der Waals surface area contributed by atoms with Gasteiger partial charge in [0.05, 0.1) is 17.3 Å². The molecule has 0 atom stereocenters. The van der Waals surface area contributed by atoms with Crippen LogP contribution in [0.5, 0.6) is 5.75 Å². The molecule has 2 rings (SSSR count). The molecular formula is C15H18ClN3O2. The van der Waals surface area contributed by atoms with Crippen molar-refractivity contribution in [3.63, 3.8) is 0 Å². The number of aromatic nitrogens is 1.